The third kappa shape index (κ3) is 1.97. The van der Waals surface area contributed by atoms with Crippen molar-refractivity contribution in [3.8, 4) is 5.75 Å². The summed E-state index contributed by atoms with van der Waals surface area (Å²) in [6.45, 7) is 0. The molecule has 0 unspecified atom stereocenters. The first-order chi connectivity index (χ1) is 7.20. The number of halogens is 1. The second-order valence-corrected chi connectivity index (χ2v) is 3.81. The van der Waals surface area contributed by atoms with Crippen LogP contribution in [0.25, 0.3) is 10.9 Å². The largest absolute Gasteiger partial charge is 0.513 e. The molecule has 0 bridgehead atoms. The standard InChI is InChI=1S/C10H8BrNO3/c1-14-10(13)15-9-5-6(11)4-8-7(9)2-3-12-8/h2-5,12H,1H3. The highest BCUT2D eigenvalue weighted by molar-refractivity contribution is 9.10. The summed E-state index contributed by atoms with van der Waals surface area (Å²) in [5, 5.41) is 0.837. The first kappa shape index (κ1) is 10.0. The van der Waals surface area contributed by atoms with Crippen molar-refractivity contribution in [3.05, 3.63) is 28.9 Å². The smallest absolute Gasteiger partial charge is 0.437 e. The van der Waals surface area contributed by atoms with Crippen LogP contribution in [0.5, 0.6) is 5.75 Å². The van der Waals surface area contributed by atoms with Crippen LogP contribution in [0, 0.1) is 0 Å². The van der Waals surface area contributed by atoms with Crippen LogP contribution in [0.2, 0.25) is 0 Å². The van der Waals surface area contributed by atoms with E-state index >= 15 is 0 Å². The predicted molar refractivity (Wildman–Crippen MR) is 59.0 cm³/mol. The fraction of sp³-hybridized carbons (Fsp3) is 0.100. The summed E-state index contributed by atoms with van der Waals surface area (Å²) in [5.74, 6) is 0.465. The van der Waals surface area contributed by atoms with Gasteiger partial charge in [-0.05, 0) is 18.2 Å². The van der Waals surface area contributed by atoms with E-state index in [1.807, 2.05) is 12.1 Å². The number of hydrogen-bond donors (Lipinski definition) is 1. The topological polar surface area (TPSA) is 51.3 Å². The zero-order valence-corrected chi connectivity index (χ0v) is 9.50. The van der Waals surface area contributed by atoms with Crippen molar-refractivity contribution >= 4 is 33.0 Å². The summed E-state index contributed by atoms with van der Waals surface area (Å²) in [7, 11) is 1.27. The number of ether oxygens (including phenoxy) is 2. The Hall–Kier alpha value is -1.49. The molecule has 0 radical (unpaired) electrons. The SMILES string of the molecule is COC(=O)Oc1cc(Br)cc2[nH]ccc12. The molecular weight excluding hydrogens is 262 g/mol. The number of hydrogen-bond acceptors (Lipinski definition) is 3. The maximum atomic E-state index is 11.0. The number of aromatic amines is 1. The van der Waals surface area contributed by atoms with E-state index in [9.17, 15) is 4.79 Å². The van der Waals surface area contributed by atoms with E-state index < -0.39 is 6.16 Å². The molecule has 0 aliphatic rings. The van der Waals surface area contributed by atoms with E-state index in [4.69, 9.17) is 4.74 Å². The molecule has 0 saturated carbocycles. The zero-order valence-electron chi connectivity index (χ0n) is 7.91. The Kier molecular flexibility index (Phi) is 2.64. The van der Waals surface area contributed by atoms with Crippen molar-refractivity contribution in [1.82, 2.24) is 4.98 Å². The van der Waals surface area contributed by atoms with Gasteiger partial charge in [0.15, 0.2) is 0 Å². The summed E-state index contributed by atoms with van der Waals surface area (Å²) in [6.07, 6.45) is 1.05. The Bertz CT molecular complexity index is 506. The van der Waals surface area contributed by atoms with E-state index in [1.54, 1.807) is 12.3 Å². The molecule has 1 N–H and O–H groups in total. The Labute approximate surface area is 94.3 Å². The maximum absolute atomic E-state index is 11.0. The number of nitrogens with one attached hydrogen (secondary N) is 1. The molecule has 0 spiro atoms. The van der Waals surface area contributed by atoms with Crippen LogP contribution in [-0.2, 0) is 4.74 Å². The number of H-pyrrole nitrogens is 1. The van der Waals surface area contributed by atoms with E-state index in [0.29, 0.717) is 5.75 Å². The van der Waals surface area contributed by atoms with Crippen LogP contribution in [0.3, 0.4) is 0 Å². The molecule has 0 saturated heterocycles. The molecule has 0 aliphatic carbocycles. The molecule has 1 aromatic carbocycles. The summed E-state index contributed by atoms with van der Waals surface area (Å²) >= 11 is 3.33. The fourth-order valence-corrected chi connectivity index (χ4v) is 1.75. The van der Waals surface area contributed by atoms with E-state index in [-0.39, 0.29) is 0 Å². The molecule has 78 valence electrons. The van der Waals surface area contributed by atoms with Crippen LogP contribution >= 0.6 is 15.9 Å². The number of aromatic nitrogens is 1. The Morgan fingerprint density at radius 1 is 1.47 bits per heavy atom. The second kappa shape index (κ2) is 3.94. The van der Waals surface area contributed by atoms with Crippen LogP contribution in [0.15, 0.2) is 28.9 Å². The molecule has 2 rings (SSSR count). The lowest BCUT2D eigenvalue weighted by molar-refractivity contribution is 0.122. The lowest BCUT2D eigenvalue weighted by Crippen LogP contribution is -2.07. The summed E-state index contributed by atoms with van der Waals surface area (Å²) in [5.41, 5.74) is 0.892. The number of methoxy groups -OCH3 is 1. The van der Waals surface area contributed by atoms with Crippen LogP contribution in [-0.4, -0.2) is 18.2 Å². The Morgan fingerprint density at radius 2 is 2.27 bits per heavy atom. The normalized spacial score (nSPS) is 10.3. The minimum atomic E-state index is -0.726. The van der Waals surface area contributed by atoms with Crippen LogP contribution in [0.1, 0.15) is 0 Å². The summed E-state index contributed by atoms with van der Waals surface area (Å²) < 4.78 is 10.3. The number of fused-ring (bicyclic) bond motifs is 1. The number of carbonyl (C=O) groups excluding carboxylic acids is 1. The molecule has 0 amide bonds. The molecule has 5 heteroatoms. The Morgan fingerprint density at radius 3 is 3.00 bits per heavy atom. The van der Waals surface area contributed by atoms with Gasteiger partial charge < -0.3 is 14.5 Å². The molecule has 0 fully saturated rings. The minimum absolute atomic E-state index is 0.465. The highest BCUT2D eigenvalue weighted by Crippen LogP contribution is 2.29. The molecule has 0 aliphatic heterocycles. The fourth-order valence-electron chi connectivity index (χ4n) is 1.32. The average molecular weight is 270 g/mol. The molecular formula is C10H8BrNO3. The number of benzene rings is 1. The quantitative estimate of drug-likeness (QED) is 0.640. The molecule has 1 heterocycles. The highest BCUT2D eigenvalue weighted by atomic mass is 79.9. The molecule has 15 heavy (non-hydrogen) atoms. The predicted octanol–water partition coefficient (Wildman–Crippen LogP) is 3.08. The first-order valence-electron chi connectivity index (χ1n) is 4.23. The van der Waals surface area contributed by atoms with Gasteiger partial charge in [0, 0.05) is 16.1 Å². The van der Waals surface area contributed by atoms with Crippen molar-refractivity contribution in [3.63, 3.8) is 0 Å². The average Bonchev–Trinajstić information content (AvgIpc) is 2.65. The summed E-state index contributed by atoms with van der Waals surface area (Å²) in [6, 6.07) is 5.45. The van der Waals surface area contributed by atoms with Gasteiger partial charge >= 0.3 is 6.16 Å². The monoisotopic (exact) mass is 269 g/mol. The van der Waals surface area contributed by atoms with Gasteiger partial charge in [0.1, 0.15) is 5.75 Å². The van der Waals surface area contributed by atoms with Gasteiger partial charge in [-0.2, -0.15) is 0 Å². The summed E-state index contributed by atoms with van der Waals surface area (Å²) in [4.78, 5) is 14.0. The van der Waals surface area contributed by atoms with Gasteiger partial charge in [0.2, 0.25) is 0 Å². The van der Waals surface area contributed by atoms with Crippen molar-refractivity contribution < 1.29 is 14.3 Å². The maximum Gasteiger partial charge on any atom is 0.513 e. The van der Waals surface area contributed by atoms with E-state index in [0.717, 1.165) is 15.4 Å². The van der Waals surface area contributed by atoms with Crippen LogP contribution < -0.4 is 4.74 Å². The van der Waals surface area contributed by atoms with Gasteiger partial charge in [-0.3, -0.25) is 0 Å². The molecule has 2 aromatic rings. The zero-order chi connectivity index (χ0) is 10.8. The number of rotatable bonds is 1. The lowest BCUT2D eigenvalue weighted by atomic mass is 10.2. The third-order valence-corrected chi connectivity index (χ3v) is 2.41. The van der Waals surface area contributed by atoms with Gasteiger partial charge in [0.05, 0.1) is 12.6 Å². The first-order valence-corrected chi connectivity index (χ1v) is 5.02. The van der Waals surface area contributed by atoms with Crippen molar-refractivity contribution in [1.29, 1.82) is 0 Å². The van der Waals surface area contributed by atoms with Gasteiger partial charge in [-0.25, -0.2) is 4.79 Å². The van der Waals surface area contributed by atoms with Gasteiger partial charge in [0.25, 0.3) is 0 Å². The van der Waals surface area contributed by atoms with Crippen molar-refractivity contribution in [2.75, 3.05) is 7.11 Å². The molecule has 4 nitrogen and oxygen atoms in total. The highest BCUT2D eigenvalue weighted by Gasteiger charge is 2.09. The van der Waals surface area contributed by atoms with Gasteiger partial charge in [-0.15, -0.1) is 0 Å². The molecule has 1 aromatic heterocycles. The number of carbonyl (C=O) groups is 1. The minimum Gasteiger partial charge on any atom is -0.437 e. The van der Waals surface area contributed by atoms with E-state index in [2.05, 4.69) is 25.7 Å². The molecule has 0 atom stereocenters. The van der Waals surface area contributed by atoms with Crippen LogP contribution in [0.4, 0.5) is 4.79 Å². The third-order valence-electron chi connectivity index (χ3n) is 1.96. The van der Waals surface area contributed by atoms with E-state index in [1.165, 1.54) is 7.11 Å². The van der Waals surface area contributed by atoms with Crippen molar-refractivity contribution in [2.24, 2.45) is 0 Å². The Balaban J connectivity index is 2.48. The second-order valence-electron chi connectivity index (χ2n) is 2.90. The van der Waals surface area contributed by atoms with Gasteiger partial charge in [-0.1, -0.05) is 15.9 Å². The van der Waals surface area contributed by atoms with Crippen molar-refractivity contribution in [2.45, 2.75) is 0 Å². The lowest BCUT2D eigenvalue weighted by Gasteiger charge is -2.04.